The number of nitrogens with one attached hydrogen (secondary N) is 1. The number of rotatable bonds is 3. The molecule has 0 spiro atoms. The lowest BCUT2D eigenvalue weighted by molar-refractivity contribution is -0.138. The molecule has 0 aliphatic carbocycles. The van der Waals surface area contributed by atoms with Crippen LogP contribution in [0.15, 0.2) is 6.20 Å². The molecule has 1 aliphatic rings. The number of aromatic nitrogens is 2. The summed E-state index contributed by atoms with van der Waals surface area (Å²) in [5.41, 5.74) is 2.06. The Morgan fingerprint density at radius 3 is 3.06 bits per heavy atom. The summed E-state index contributed by atoms with van der Waals surface area (Å²) in [5, 5.41) is 16.4. The maximum Gasteiger partial charge on any atom is 0.321 e. The second-order valence-electron chi connectivity index (χ2n) is 3.80. The van der Waals surface area contributed by atoms with Crippen LogP contribution in [0.2, 0.25) is 0 Å². The van der Waals surface area contributed by atoms with Gasteiger partial charge in [-0.3, -0.25) is 14.8 Å². The van der Waals surface area contributed by atoms with Gasteiger partial charge in [-0.05, 0) is 13.8 Å². The largest absolute Gasteiger partial charge is 0.480 e. The molecule has 0 bridgehead atoms. The average molecular weight is 241 g/mol. The molecule has 2 N–H and O–H groups in total. The van der Waals surface area contributed by atoms with Gasteiger partial charge in [-0.25, -0.2) is 0 Å². The summed E-state index contributed by atoms with van der Waals surface area (Å²) in [5.74, 6) is -0.174. The number of carboxylic acids is 1. The predicted molar refractivity (Wildman–Crippen MR) is 62.4 cm³/mol. The summed E-state index contributed by atoms with van der Waals surface area (Å²) in [7, 11) is 0. The molecular weight excluding hydrogens is 226 g/mol. The number of carbonyl (C=O) groups is 1. The van der Waals surface area contributed by atoms with E-state index in [1.165, 1.54) is 0 Å². The zero-order chi connectivity index (χ0) is 11.7. The highest BCUT2D eigenvalue weighted by molar-refractivity contribution is 7.99. The molecule has 1 aliphatic heterocycles. The van der Waals surface area contributed by atoms with Crippen LogP contribution in [0.5, 0.6) is 0 Å². The third-order valence-corrected chi connectivity index (χ3v) is 3.92. The zero-order valence-electron chi connectivity index (χ0n) is 9.30. The van der Waals surface area contributed by atoms with Gasteiger partial charge in [-0.2, -0.15) is 5.10 Å². The first-order valence-electron chi connectivity index (χ1n) is 5.26. The van der Waals surface area contributed by atoms with E-state index >= 15 is 0 Å². The second-order valence-corrected chi connectivity index (χ2v) is 4.93. The van der Waals surface area contributed by atoms with Crippen LogP contribution in [0.1, 0.15) is 23.6 Å². The standard InChI is InChI=1S/C10H15N3O2S/c1-3-13-4-7(6(2)12-13)9-11-8(5-16-9)10(14)15/h4,8-9,11H,3,5H2,1-2H3,(H,14,15)/t8-,9+/m0/s1. The molecule has 16 heavy (non-hydrogen) atoms. The first-order chi connectivity index (χ1) is 7.61. The van der Waals surface area contributed by atoms with E-state index < -0.39 is 12.0 Å². The Hall–Kier alpha value is -1.01. The number of hydrogen-bond donors (Lipinski definition) is 2. The van der Waals surface area contributed by atoms with Gasteiger partial charge in [0.05, 0.1) is 11.1 Å². The molecule has 6 heteroatoms. The van der Waals surface area contributed by atoms with Gasteiger partial charge in [-0.1, -0.05) is 0 Å². The summed E-state index contributed by atoms with van der Waals surface area (Å²) in [6.07, 6.45) is 1.99. The first kappa shape index (κ1) is 11.5. The number of aliphatic carboxylic acids is 1. The van der Waals surface area contributed by atoms with Crippen LogP contribution < -0.4 is 5.32 Å². The van der Waals surface area contributed by atoms with Gasteiger partial charge < -0.3 is 5.11 Å². The van der Waals surface area contributed by atoms with Crippen LogP contribution in [-0.2, 0) is 11.3 Å². The number of nitrogens with zero attached hydrogens (tertiary/aromatic N) is 2. The van der Waals surface area contributed by atoms with Gasteiger partial charge in [0.1, 0.15) is 6.04 Å². The van der Waals surface area contributed by atoms with E-state index in [1.54, 1.807) is 11.8 Å². The molecule has 5 nitrogen and oxygen atoms in total. The van der Waals surface area contributed by atoms with E-state index in [9.17, 15) is 4.79 Å². The quantitative estimate of drug-likeness (QED) is 0.826. The lowest BCUT2D eigenvalue weighted by Gasteiger charge is -2.09. The number of aryl methyl sites for hydroxylation is 2. The molecule has 1 aromatic heterocycles. The topological polar surface area (TPSA) is 67.2 Å². The Morgan fingerprint density at radius 2 is 2.56 bits per heavy atom. The third kappa shape index (κ3) is 2.08. The Morgan fingerprint density at radius 1 is 1.81 bits per heavy atom. The Bertz CT molecular complexity index is 405. The van der Waals surface area contributed by atoms with Crippen molar-refractivity contribution in [1.82, 2.24) is 15.1 Å². The van der Waals surface area contributed by atoms with E-state index in [0.717, 1.165) is 17.8 Å². The molecular formula is C10H15N3O2S. The van der Waals surface area contributed by atoms with Crippen molar-refractivity contribution in [3.63, 3.8) is 0 Å². The summed E-state index contributed by atoms with van der Waals surface area (Å²) in [4.78, 5) is 10.8. The van der Waals surface area contributed by atoms with Crippen molar-refractivity contribution in [2.45, 2.75) is 31.8 Å². The van der Waals surface area contributed by atoms with Gasteiger partial charge in [-0.15, -0.1) is 11.8 Å². The molecule has 0 aromatic carbocycles. The summed E-state index contributed by atoms with van der Waals surface area (Å²) < 4.78 is 1.88. The molecule has 2 rings (SSSR count). The van der Waals surface area contributed by atoms with Crippen molar-refractivity contribution in [1.29, 1.82) is 0 Å². The highest BCUT2D eigenvalue weighted by atomic mass is 32.2. The predicted octanol–water partition coefficient (Wildman–Crippen LogP) is 1.000. The Labute approximate surface area is 98.2 Å². The van der Waals surface area contributed by atoms with Crippen molar-refractivity contribution < 1.29 is 9.90 Å². The maximum absolute atomic E-state index is 10.8. The minimum absolute atomic E-state index is 0.0569. The molecule has 0 saturated carbocycles. The van der Waals surface area contributed by atoms with E-state index in [2.05, 4.69) is 10.4 Å². The van der Waals surface area contributed by atoms with Crippen molar-refractivity contribution in [2.24, 2.45) is 0 Å². The Balaban J connectivity index is 2.13. The molecule has 0 amide bonds. The molecule has 0 radical (unpaired) electrons. The van der Waals surface area contributed by atoms with Crippen LogP contribution in [0.4, 0.5) is 0 Å². The summed E-state index contributed by atoms with van der Waals surface area (Å²) in [6, 6.07) is -0.445. The second kappa shape index (κ2) is 4.47. The van der Waals surface area contributed by atoms with Crippen LogP contribution >= 0.6 is 11.8 Å². The van der Waals surface area contributed by atoms with Gasteiger partial charge in [0.15, 0.2) is 0 Å². The fourth-order valence-electron chi connectivity index (χ4n) is 1.75. The summed E-state index contributed by atoms with van der Waals surface area (Å²) >= 11 is 1.62. The average Bonchev–Trinajstić information content (AvgIpc) is 2.83. The van der Waals surface area contributed by atoms with Crippen LogP contribution in [0, 0.1) is 6.92 Å². The van der Waals surface area contributed by atoms with E-state index in [0.29, 0.717) is 5.75 Å². The minimum atomic E-state index is -0.782. The van der Waals surface area contributed by atoms with Gasteiger partial charge in [0.2, 0.25) is 0 Å². The third-order valence-electron chi connectivity index (χ3n) is 2.67. The smallest absolute Gasteiger partial charge is 0.321 e. The normalized spacial score (nSPS) is 24.9. The first-order valence-corrected chi connectivity index (χ1v) is 6.31. The van der Waals surface area contributed by atoms with Crippen molar-refractivity contribution >= 4 is 17.7 Å². The van der Waals surface area contributed by atoms with E-state index in [1.807, 2.05) is 24.7 Å². The van der Waals surface area contributed by atoms with Gasteiger partial charge in [0, 0.05) is 24.1 Å². The minimum Gasteiger partial charge on any atom is -0.480 e. The number of carboxylic acid groups (broad SMARTS) is 1. The van der Waals surface area contributed by atoms with Gasteiger partial charge in [0.25, 0.3) is 0 Å². The fraction of sp³-hybridized carbons (Fsp3) is 0.600. The van der Waals surface area contributed by atoms with Crippen LogP contribution in [-0.4, -0.2) is 32.7 Å². The lowest BCUT2D eigenvalue weighted by atomic mass is 10.2. The van der Waals surface area contributed by atoms with Crippen molar-refractivity contribution in [2.75, 3.05) is 5.75 Å². The van der Waals surface area contributed by atoms with Crippen molar-refractivity contribution in [3.05, 3.63) is 17.5 Å². The molecule has 1 fully saturated rings. The monoisotopic (exact) mass is 241 g/mol. The molecule has 88 valence electrons. The molecule has 1 aromatic rings. The van der Waals surface area contributed by atoms with Crippen LogP contribution in [0.25, 0.3) is 0 Å². The fourth-order valence-corrected chi connectivity index (χ4v) is 3.04. The molecule has 1 saturated heterocycles. The van der Waals surface area contributed by atoms with Crippen LogP contribution in [0.3, 0.4) is 0 Å². The highest BCUT2D eigenvalue weighted by Gasteiger charge is 2.31. The maximum atomic E-state index is 10.8. The Kier molecular flexibility index (Phi) is 3.20. The lowest BCUT2D eigenvalue weighted by Crippen LogP contribution is -2.33. The SMILES string of the molecule is CCn1cc([C@@H]2N[C@H](C(=O)O)CS2)c(C)n1. The highest BCUT2D eigenvalue weighted by Crippen LogP contribution is 2.34. The van der Waals surface area contributed by atoms with Gasteiger partial charge >= 0.3 is 5.97 Å². The molecule has 2 atom stereocenters. The molecule has 2 heterocycles. The molecule has 0 unspecified atom stereocenters. The zero-order valence-corrected chi connectivity index (χ0v) is 10.1. The van der Waals surface area contributed by atoms with E-state index in [-0.39, 0.29) is 5.37 Å². The number of thioether (sulfide) groups is 1. The van der Waals surface area contributed by atoms with Crippen molar-refractivity contribution in [3.8, 4) is 0 Å². The number of hydrogen-bond acceptors (Lipinski definition) is 4. The summed E-state index contributed by atoms with van der Waals surface area (Å²) in [6.45, 7) is 4.82. The van der Waals surface area contributed by atoms with E-state index in [4.69, 9.17) is 5.11 Å².